The topological polar surface area (TPSA) is 121 Å². The molecule has 3 aromatic rings. The summed E-state index contributed by atoms with van der Waals surface area (Å²) < 4.78 is 16.5. The number of ether oxygens (including phenoxy) is 2. The molecule has 3 N–H and O–H groups in total. The number of furan rings is 1. The van der Waals surface area contributed by atoms with Crippen LogP contribution in [0.25, 0.3) is 11.0 Å². The fourth-order valence-electron chi connectivity index (χ4n) is 2.57. The lowest BCUT2D eigenvalue weighted by molar-refractivity contribution is -0.127. The maximum atomic E-state index is 12.6. The van der Waals surface area contributed by atoms with Gasteiger partial charge in [0, 0.05) is 5.39 Å². The molecule has 28 heavy (non-hydrogen) atoms. The predicted octanol–water partition coefficient (Wildman–Crippen LogP) is 2.75. The number of fused-ring (bicyclic) bond motifs is 1. The third-order valence-corrected chi connectivity index (χ3v) is 3.91. The summed E-state index contributed by atoms with van der Waals surface area (Å²) in [4.78, 5) is 35.1. The number of primary amides is 1. The highest BCUT2D eigenvalue weighted by atomic mass is 16.6. The zero-order valence-corrected chi connectivity index (χ0v) is 15.0. The van der Waals surface area contributed by atoms with Gasteiger partial charge in [0.2, 0.25) is 5.76 Å². The summed E-state index contributed by atoms with van der Waals surface area (Å²) >= 11 is 0. The Morgan fingerprint density at radius 2 is 1.75 bits per heavy atom. The van der Waals surface area contributed by atoms with Crippen molar-refractivity contribution in [2.75, 3.05) is 0 Å². The Labute approximate surface area is 160 Å². The first-order valence-electron chi connectivity index (χ1n) is 8.45. The molecule has 0 spiro atoms. The SMILES string of the molecule is C[C@H](OC(=O)c1oc2ccccc2c1COc1ccccc1)C(=O)NC(N)=O. The molecular formula is C20H18N2O6. The number of hydrogen-bond donors (Lipinski definition) is 2. The van der Waals surface area contributed by atoms with Gasteiger partial charge in [-0.1, -0.05) is 36.4 Å². The maximum Gasteiger partial charge on any atom is 0.375 e. The van der Waals surface area contributed by atoms with Gasteiger partial charge < -0.3 is 19.6 Å². The average molecular weight is 382 g/mol. The van der Waals surface area contributed by atoms with Gasteiger partial charge in [0.15, 0.2) is 6.10 Å². The summed E-state index contributed by atoms with van der Waals surface area (Å²) in [5.74, 6) is -1.13. The van der Waals surface area contributed by atoms with Crippen LogP contribution < -0.4 is 15.8 Å². The Bertz CT molecular complexity index is 1010. The number of amides is 3. The van der Waals surface area contributed by atoms with Crippen molar-refractivity contribution in [2.24, 2.45) is 5.73 Å². The van der Waals surface area contributed by atoms with E-state index in [2.05, 4.69) is 0 Å². The van der Waals surface area contributed by atoms with Gasteiger partial charge in [-0.15, -0.1) is 0 Å². The van der Waals surface area contributed by atoms with Crippen molar-refractivity contribution in [3.05, 3.63) is 65.9 Å². The van der Waals surface area contributed by atoms with E-state index in [1.165, 1.54) is 6.92 Å². The number of carbonyl (C=O) groups excluding carboxylic acids is 3. The lowest BCUT2D eigenvalue weighted by Gasteiger charge is -2.12. The van der Waals surface area contributed by atoms with Crippen molar-refractivity contribution in [3.63, 3.8) is 0 Å². The van der Waals surface area contributed by atoms with Gasteiger partial charge in [0.25, 0.3) is 5.91 Å². The number of imide groups is 1. The lowest BCUT2D eigenvalue weighted by Crippen LogP contribution is -2.42. The standard InChI is InChI=1S/C20H18N2O6/c1-12(18(23)22-20(21)25)27-19(24)17-15(11-26-13-7-3-2-4-8-13)14-9-5-6-10-16(14)28-17/h2-10,12H,11H2,1H3,(H3,21,22,23,25)/t12-/m0/s1. The molecule has 8 nitrogen and oxygen atoms in total. The Morgan fingerprint density at radius 3 is 2.46 bits per heavy atom. The minimum absolute atomic E-state index is 0.0628. The molecule has 144 valence electrons. The quantitative estimate of drug-likeness (QED) is 0.632. The van der Waals surface area contributed by atoms with Crippen LogP contribution in [-0.2, 0) is 16.1 Å². The zero-order valence-electron chi connectivity index (χ0n) is 15.0. The number of nitrogens with two attached hydrogens (primary N) is 1. The Kier molecular flexibility index (Phi) is 5.59. The molecule has 2 aromatic carbocycles. The molecule has 1 aromatic heterocycles. The summed E-state index contributed by atoms with van der Waals surface area (Å²) in [5, 5.41) is 2.55. The molecule has 0 saturated carbocycles. The maximum absolute atomic E-state index is 12.6. The van der Waals surface area contributed by atoms with Crippen molar-refractivity contribution in [2.45, 2.75) is 19.6 Å². The number of carbonyl (C=O) groups is 3. The summed E-state index contributed by atoms with van der Waals surface area (Å²) in [6.07, 6.45) is -1.24. The third kappa shape index (κ3) is 4.29. The highest BCUT2D eigenvalue weighted by Crippen LogP contribution is 2.28. The molecule has 3 amide bonds. The summed E-state index contributed by atoms with van der Waals surface area (Å²) in [7, 11) is 0. The van der Waals surface area contributed by atoms with Crippen molar-refractivity contribution >= 4 is 28.9 Å². The van der Waals surface area contributed by atoms with Crippen LogP contribution in [0.15, 0.2) is 59.0 Å². The molecule has 0 aliphatic heterocycles. The Hall–Kier alpha value is -3.81. The van der Waals surface area contributed by atoms with Gasteiger partial charge in [-0.25, -0.2) is 9.59 Å². The molecule has 8 heteroatoms. The largest absolute Gasteiger partial charge is 0.489 e. The van der Waals surface area contributed by atoms with Crippen LogP contribution in [0.5, 0.6) is 5.75 Å². The summed E-state index contributed by atoms with van der Waals surface area (Å²) in [5.41, 5.74) is 5.87. The van der Waals surface area contributed by atoms with Crippen molar-refractivity contribution < 1.29 is 28.3 Å². The highest BCUT2D eigenvalue weighted by Gasteiger charge is 2.26. The Balaban J connectivity index is 1.84. The lowest BCUT2D eigenvalue weighted by atomic mass is 10.1. The van der Waals surface area contributed by atoms with Gasteiger partial charge >= 0.3 is 12.0 Å². The van der Waals surface area contributed by atoms with E-state index in [1.807, 2.05) is 29.6 Å². The van der Waals surface area contributed by atoms with Crippen molar-refractivity contribution in [1.29, 1.82) is 0 Å². The molecule has 0 bridgehead atoms. The number of esters is 1. The summed E-state index contributed by atoms with van der Waals surface area (Å²) in [6, 6.07) is 15.1. The van der Waals surface area contributed by atoms with Gasteiger partial charge in [-0.3, -0.25) is 10.1 Å². The first-order valence-corrected chi connectivity index (χ1v) is 8.45. The van der Waals surface area contributed by atoms with E-state index in [0.717, 1.165) is 0 Å². The minimum Gasteiger partial charge on any atom is -0.489 e. The van der Waals surface area contributed by atoms with E-state index in [0.29, 0.717) is 22.3 Å². The van der Waals surface area contributed by atoms with Crippen LogP contribution in [0.1, 0.15) is 23.0 Å². The highest BCUT2D eigenvalue weighted by molar-refractivity contribution is 5.99. The number of nitrogens with one attached hydrogen (secondary N) is 1. The summed E-state index contributed by atoms with van der Waals surface area (Å²) in [6.45, 7) is 1.38. The molecule has 0 unspecified atom stereocenters. The van der Waals surface area contributed by atoms with Gasteiger partial charge in [-0.2, -0.15) is 0 Å². The second-order valence-electron chi connectivity index (χ2n) is 5.91. The molecule has 0 aliphatic carbocycles. The Morgan fingerprint density at radius 1 is 1.07 bits per heavy atom. The molecule has 1 atom stereocenters. The number of benzene rings is 2. The van der Waals surface area contributed by atoms with Gasteiger partial charge in [0.1, 0.15) is 17.9 Å². The molecule has 0 saturated heterocycles. The average Bonchev–Trinajstić information content (AvgIpc) is 3.05. The van der Waals surface area contributed by atoms with E-state index in [9.17, 15) is 14.4 Å². The number of rotatable bonds is 6. The first kappa shape index (κ1) is 19.0. The van der Waals surface area contributed by atoms with Crippen LogP contribution in [0.2, 0.25) is 0 Å². The van der Waals surface area contributed by atoms with Crippen LogP contribution in [0.3, 0.4) is 0 Å². The van der Waals surface area contributed by atoms with Crippen LogP contribution in [0, 0.1) is 0 Å². The van der Waals surface area contributed by atoms with E-state index >= 15 is 0 Å². The number of para-hydroxylation sites is 2. The van der Waals surface area contributed by atoms with Crippen molar-refractivity contribution in [1.82, 2.24) is 5.32 Å². The zero-order chi connectivity index (χ0) is 20.1. The molecule has 0 fully saturated rings. The monoisotopic (exact) mass is 382 g/mol. The normalized spacial score (nSPS) is 11.6. The smallest absolute Gasteiger partial charge is 0.375 e. The van der Waals surface area contributed by atoms with Crippen LogP contribution >= 0.6 is 0 Å². The van der Waals surface area contributed by atoms with E-state index < -0.39 is 24.0 Å². The van der Waals surface area contributed by atoms with Crippen molar-refractivity contribution in [3.8, 4) is 5.75 Å². The fourth-order valence-corrected chi connectivity index (χ4v) is 2.57. The van der Waals surface area contributed by atoms with E-state index in [-0.39, 0.29) is 12.4 Å². The molecular weight excluding hydrogens is 364 g/mol. The molecule has 0 aliphatic rings. The fraction of sp³-hybridized carbons (Fsp3) is 0.150. The second-order valence-corrected chi connectivity index (χ2v) is 5.91. The van der Waals surface area contributed by atoms with E-state index in [4.69, 9.17) is 19.6 Å². The van der Waals surface area contributed by atoms with Gasteiger partial charge in [0.05, 0.1) is 5.56 Å². The molecule has 0 radical (unpaired) electrons. The predicted molar refractivity (Wildman–Crippen MR) is 99.6 cm³/mol. The van der Waals surface area contributed by atoms with Crippen LogP contribution in [0.4, 0.5) is 4.79 Å². The third-order valence-electron chi connectivity index (χ3n) is 3.91. The number of hydrogen-bond acceptors (Lipinski definition) is 6. The minimum atomic E-state index is -1.24. The number of urea groups is 1. The molecule has 1 heterocycles. The van der Waals surface area contributed by atoms with Gasteiger partial charge in [-0.05, 0) is 25.1 Å². The second kappa shape index (κ2) is 8.26. The van der Waals surface area contributed by atoms with E-state index in [1.54, 1.807) is 30.3 Å². The first-order chi connectivity index (χ1) is 13.5. The molecule has 3 rings (SSSR count). The van der Waals surface area contributed by atoms with Crippen LogP contribution in [-0.4, -0.2) is 24.0 Å².